The van der Waals surface area contributed by atoms with Gasteiger partial charge in [0.05, 0.1) is 33.3 Å². The summed E-state index contributed by atoms with van der Waals surface area (Å²) in [4.78, 5) is 15.6. The minimum absolute atomic E-state index is 0.167. The molecule has 0 unspecified atom stereocenters. The molecule has 0 atom stereocenters. The first-order valence-corrected chi connectivity index (χ1v) is 7.18. The van der Waals surface area contributed by atoms with E-state index in [1.54, 1.807) is 18.2 Å². The first-order chi connectivity index (χ1) is 9.65. The normalized spacial score (nSPS) is 10.9. The van der Waals surface area contributed by atoms with Crippen LogP contribution in [-0.4, -0.2) is 22.9 Å². The number of carbonyl (C=O) groups is 1. The van der Waals surface area contributed by atoms with Crippen LogP contribution in [0.25, 0.3) is 0 Å². The summed E-state index contributed by atoms with van der Waals surface area (Å²) in [6, 6.07) is 5.06. The maximum absolute atomic E-state index is 11.5. The molecule has 0 radical (unpaired) electrons. The molecule has 8 heteroatoms. The zero-order chi connectivity index (χ0) is 14.4. The predicted octanol–water partition coefficient (Wildman–Crippen LogP) is 3.22. The van der Waals surface area contributed by atoms with Crippen molar-refractivity contribution in [1.29, 1.82) is 0 Å². The van der Waals surface area contributed by atoms with E-state index in [1.807, 2.05) is 0 Å². The van der Waals surface area contributed by atoms with Gasteiger partial charge in [-0.1, -0.05) is 35.0 Å². The molecule has 20 heavy (non-hydrogen) atoms. The van der Waals surface area contributed by atoms with E-state index in [9.17, 15) is 4.79 Å². The highest BCUT2D eigenvalue weighted by atomic mass is 35.5. The molecule has 0 aromatic carbocycles. The van der Waals surface area contributed by atoms with Gasteiger partial charge in [-0.3, -0.25) is 4.79 Å². The van der Waals surface area contributed by atoms with Gasteiger partial charge in [-0.05, 0) is 18.2 Å². The van der Waals surface area contributed by atoms with Gasteiger partial charge in [0.25, 0.3) is 0 Å². The van der Waals surface area contributed by atoms with E-state index in [0.29, 0.717) is 20.8 Å². The summed E-state index contributed by atoms with van der Waals surface area (Å²) in [6.07, 6.45) is 4.38. The number of aromatic nitrogens is 1. The van der Waals surface area contributed by atoms with Crippen LogP contribution in [0.15, 0.2) is 45.2 Å². The number of pyridine rings is 1. The van der Waals surface area contributed by atoms with Gasteiger partial charge < -0.3 is 4.42 Å². The van der Waals surface area contributed by atoms with Crippen LogP contribution >= 0.6 is 35.0 Å². The maximum atomic E-state index is 11.5. The SMILES string of the molecule is O=C(CSc1cc(Cl)c(Cl)cn1)N/N=C/c1ccco1. The third kappa shape index (κ3) is 4.56. The Balaban J connectivity index is 1.78. The Kier molecular flexibility index (Phi) is 5.46. The molecule has 0 spiro atoms. The lowest BCUT2D eigenvalue weighted by Gasteiger charge is -2.01. The molecule has 0 saturated heterocycles. The van der Waals surface area contributed by atoms with E-state index < -0.39 is 0 Å². The molecular weight excluding hydrogens is 321 g/mol. The number of amides is 1. The zero-order valence-electron chi connectivity index (χ0n) is 10.0. The summed E-state index contributed by atoms with van der Waals surface area (Å²) in [6.45, 7) is 0. The topological polar surface area (TPSA) is 67.5 Å². The number of thioether (sulfide) groups is 1. The summed E-state index contributed by atoms with van der Waals surface area (Å²) in [5.74, 6) is 0.468. The molecule has 2 aromatic rings. The molecule has 0 aliphatic carbocycles. The minimum atomic E-state index is -0.259. The van der Waals surface area contributed by atoms with Crippen molar-refractivity contribution in [3.63, 3.8) is 0 Å². The third-order valence-electron chi connectivity index (χ3n) is 2.06. The average Bonchev–Trinajstić information content (AvgIpc) is 2.93. The lowest BCUT2D eigenvalue weighted by molar-refractivity contribution is -0.118. The predicted molar refractivity (Wildman–Crippen MR) is 79.4 cm³/mol. The van der Waals surface area contributed by atoms with Crippen LogP contribution in [0.3, 0.4) is 0 Å². The number of furan rings is 1. The fourth-order valence-corrected chi connectivity index (χ4v) is 2.17. The summed E-state index contributed by atoms with van der Waals surface area (Å²) < 4.78 is 5.03. The minimum Gasteiger partial charge on any atom is -0.463 e. The van der Waals surface area contributed by atoms with Crippen LogP contribution in [0.5, 0.6) is 0 Å². The van der Waals surface area contributed by atoms with Crippen molar-refractivity contribution in [1.82, 2.24) is 10.4 Å². The van der Waals surface area contributed by atoms with Gasteiger partial charge in [-0.15, -0.1) is 0 Å². The van der Waals surface area contributed by atoms with Crippen molar-refractivity contribution in [2.24, 2.45) is 5.10 Å². The van der Waals surface area contributed by atoms with Gasteiger partial charge in [-0.25, -0.2) is 10.4 Å². The smallest absolute Gasteiger partial charge is 0.250 e. The molecule has 1 amide bonds. The summed E-state index contributed by atoms with van der Waals surface area (Å²) in [5.41, 5.74) is 2.38. The van der Waals surface area contributed by atoms with Gasteiger partial charge >= 0.3 is 0 Å². The number of hydrazone groups is 1. The van der Waals surface area contributed by atoms with Crippen LogP contribution in [0, 0.1) is 0 Å². The first-order valence-electron chi connectivity index (χ1n) is 5.44. The van der Waals surface area contributed by atoms with Crippen LogP contribution < -0.4 is 5.43 Å². The molecule has 2 rings (SSSR count). The first kappa shape index (κ1) is 14.9. The molecule has 104 valence electrons. The van der Waals surface area contributed by atoms with Gasteiger partial charge in [-0.2, -0.15) is 5.10 Å². The highest BCUT2D eigenvalue weighted by Crippen LogP contribution is 2.25. The van der Waals surface area contributed by atoms with Gasteiger partial charge in [0, 0.05) is 6.20 Å². The Morgan fingerprint density at radius 2 is 2.35 bits per heavy atom. The van der Waals surface area contributed by atoms with E-state index >= 15 is 0 Å². The fraction of sp³-hybridized carbons (Fsp3) is 0.0833. The molecule has 0 saturated carbocycles. The number of hydrogen-bond acceptors (Lipinski definition) is 5. The Morgan fingerprint density at radius 3 is 3.05 bits per heavy atom. The second-order valence-corrected chi connectivity index (χ2v) is 5.34. The number of hydrogen-bond donors (Lipinski definition) is 1. The Morgan fingerprint density at radius 1 is 1.50 bits per heavy atom. The Hall–Kier alpha value is -1.50. The van der Waals surface area contributed by atoms with Gasteiger partial charge in [0.15, 0.2) is 0 Å². The zero-order valence-corrected chi connectivity index (χ0v) is 12.4. The number of nitrogens with zero attached hydrogens (tertiary/aromatic N) is 2. The highest BCUT2D eigenvalue weighted by Gasteiger charge is 2.05. The van der Waals surface area contributed by atoms with Crippen LogP contribution in [0.2, 0.25) is 10.0 Å². The molecule has 1 N–H and O–H groups in total. The van der Waals surface area contributed by atoms with Crippen molar-refractivity contribution in [3.8, 4) is 0 Å². The molecule has 2 aromatic heterocycles. The molecule has 0 bridgehead atoms. The van der Waals surface area contributed by atoms with E-state index in [1.165, 1.54) is 30.4 Å². The summed E-state index contributed by atoms with van der Waals surface area (Å²) in [5, 5.41) is 5.16. The molecular formula is C12H9Cl2N3O2S. The van der Waals surface area contributed by atoms with Crippen molar-refractivity contribution in [2.75, 3.05) is 5.75 Å². The molecule has 0 aliphatic heterocycles. The van der Waals surface area contributed by atoms with E-state index in [2.05, 4.69) is 15.5 Å². The quantitative estimate of drug-likeness (QED) is 0.519. The maximum Gasteiger partial charge on any atom is 0.250 e. The Labute approximate surface area is 129 Å². The van der Waals surface area contributed by atoms with E-state index in [-0.39, 0.29) is 11.7 Å². The monoisotopic (exact) mass is 329 g/mol. The van der Waals surface area contributed by atoms with Crippen LogP contribution in [-0.2, 0) is 4.79 Å². The Bertz CT molecular complexity index is 617. The van der Waals surface area contributed by atoms with Crippen molar-refractivity contribution < 1.29 is 9.21 Å². The van der Waals surface area contributed by atoms with Crippen molar-refractivity contribution in [2.45, 2.75) is 5.03 Å². The summed E-state index contributed by atoms with van der Waals surface area (Å²) in [7, 11) is 0. The van der Waals surface area contributed by atoms with Gasteiger partial charge in [0.1, 0.15) is 5.76 Å². The van der Waals surface area contributed by atoms with E-state index in [4.69, 9.17) is 27.6 Å². The average molecular weight is 330 g/mol. The molecule has 0 aliphatic rings. The lowest BCUT2D eigenvalue weighted by atomic mass is 10.5. The number of carbonyl (C=O) groups excluding carboxylic acids is 1. The van der Waals surface area contributed by atoms with Crippen molar-refractivity contribution in [3.05, 3.63) is 46.5 Å². The standard InChI is InChI=1S/C12H9Cl2N3O2S/c13-9-4-12(15-6-10(9)14)20-7-11(18)17-16-5-8-2-1-3-19-8/h1-6H,7H2,(H,17,18)/b16-5+. The van der Waals surface area contributed by atoms with Gasteiger partial charge in [0.2, 0.25) is 5.91 Å². The fourth-order valence-electron chi connectivity index (χ4n) is 1.18. The van der Waals surface area contributed by atoms with Crippen LogP contribution in [0.1, 0.15) is 5.76 Å². The van der Waals surface area contributed by atoms with E-state index in [0.717, 1.165) is 0 Å². The summed E-state index contributed by atoms with van der Waals surface area (Å²) >= 11 is 12.8. The molecule has 2 heterocycles. The van der Waals surface area contributed by atoms with Crippen molar-refractivity contribution >= 4 is 47.1 Å². The largest absolute Gasteiger partial charge is 0.463 e. The highest BCUT2D eigenvalue weighted by molar-refractivity contribution is 7.99. The number of halogens is 2. The third-order valence-corrected chi connectivity index (χ3v) is 3.70. The number of rotatable bonds is 5. The molecule has 0 fully saturated rings. The lowest BCUT2D eigenvalue weighted by Crippen LogP contribution is -2.19. The second-order valence-electron chi connectivity index (χ2n) is 3.53. The van der Waals surface area contributed by atoms with Crippen LogP contribution in [0.4, 0.5) is 0 Å². The molecule has 5 nitrogen and oxygen atoms in total. The number of nitrogens with one attached hydrogen (secondary N) is 1. The second kappa shape index (κ2) is 7.33.